The molecule has 36 heavy (non-hydrogen) atoms. The summed E-state index contributed by atoms with van der Waals surface area (Å²) < 4.78 is 17.6. The Kier molecular flexibility index (Phi) is 6.67. The first-order valence-electron chi connectivity index (χ1n) is 13.5. The van der Waals surface area contributed by atoms with E-state index < -0.39 is 29.2 Å². The zero-order chi connectivity index (χ0) is 25.5. The second-order valence-corrected chi connectivity index (χ2v) is 10.9. The van der Waals surface area contributed by atoms with Gasteiger partial charge in [0.1, 0.15) is 0 Å². The van der Waals surface area contributed by atoms with Crippen LogP contribution >= 0.6 is 0 Å². The van der Waals surface area contributed by atoms with Crippen molar-refractivity contribution in [2.45, 2.75) is 95.4 Å². The lowest BCUT2D eigenvalue weighted by Crippen LogP contribution is -2.56. The summed E-state index contributed by atoms with van der Waals surface area (Å²) in [5.41, 5.74) is 2.53. The molecular formula is C30H36FNO4. The maximum Gasteiger partial charge on any atom is 0.321 e. The molecular weight excluding hydrogens is 457 g/mol. The van der Waals surface area contributed by atoms with Crippen LogP contribution in [0.5, 0.6) is 0 Å². The van der Waals surface area contributed by atoms with Crippen LogP contribution in [0.25, 0.3) is 11.1 Å². The Morgan fingerprint density at radius 2 is 1.64 bits per heavy atom. The summed E-state index contributed by atoms with van der Waals surface area (Å²) in [5, 5.41) is 19.6. The Balaban J connectivity index is 1.51. The quantitative estimate of drug-likeness (QED) is 0.200. The zero-order valence-electron chi connectivity index (χ0n) is 21.0. The molecule has 192 valence electrons. The molecule has 0 amide bonds. The number of carboxylic acid groups (broad SMARTS) is 2. The van der Waals surface area contributed by atoms with E-state index in [1.165, 1.54) is 19.3 Å². The average molecular weight is 494 g/mol. The smallest absolute Gasteiger partial charge is 0.321 e. The summed E-state index contributed by atoms with van der Waals surface area (Å²) in [7, 11) is 0. The zero-order valence-corrected chi connectivity index (χ0v) is 21.0. The summed E-state index contributed by atoms with van der Waals surface area (Å²) in [6.07, 6.45) is 8.60. The molecule has 2 saturated carbocycles. The minimum absolute atomic E-state index is 0.0121. The van der Waals surface area contributed by atoms with Crippen LogP contribution in [0.4, 0.5) is 4.39 Å². The number of hydrogen-bond acceptors (Lipinski definition) is 3. The predicted octanol–water partition coefficient (Wildman–Crippen LogP) is 6.52. The molecule has 2 bridgehead atoms. The summed E-state index contributed by atoms with van der Waals surface area (Å²) in [5.74, 6) is -4.42. The topological polar surface area (TPSA) is 77.8 Å². The van der Waals surface area contributed by atoms with Gasteiger partial charge < -0.3 is 10.2 Å². The van der Waals surface area contributed by atoms with E-state index >= 15 is 4.39 Å². The fraction of sp³-hybridized carbons (Fsp3) is 0.533. The van der Waals surface area contributed by atoms with E-state index in [0.717, 1.165) is 54.4 Å². The molecule has 6 heteroatoms. The molecule has 2 aromatic rings. The van der Waals surface area contributed by atoms with E-state index in [0.29, 0.717) is 12.0 Å². The molecule has 2 atom stereocenters. The fourth-order valence-electron chi connectivity index (χ4n) is 6.59. The van der Waals surface area contributed by atoms with E-state index in [4.69, 9.17) is 0 Å². The van der Waals surface area contributed by atoms with Gasteiger partial charge in [0.2, 0.25) is 5.79 Å². The molecule has 0 heterocycles. The van der Waals surface area contributed by atoms with E-state index in [-0.39, 0.29) is 18.9 Å². The van der Waals surface area contributed by atoms with Crippen molar-refractivity contribution in [3.8, 4) is 11.1 Å². The molecule has 2 N–H and O–H groups in total. The highest BCUT2D eigenvalue weighted by molar-refractivity contribution is 5.98. The number of aryl methyl sites for hydroxylation is 1. The van der Waals surface area contributed by atoms with Gasteiger partial charge in [0, 0.05) is 23.2 Å². The van der Waals surface area contributed by atoms with Crippen LogP contribution in [-0.2, 0) is 21.8 Å². The molecule has 0 spiro atoms. The van der Waals surface area contributed by atoms with Gasteiger partial charge in [-0.25, -0.2) is 4.39 Å². The number of alkyl halides is 1. The number of benzene rings is 2. The number of rotatable bonds is 12. The molecule has 0 aliphatic heterocycles. The number of carboxylic acids is 2. The molecule has 2 fully saturated rings. The number of unbranched alkanes of at least 4 members (excludes halogenated alkanes) is 4. The largest absolute Gasteiger partial charge is 0.480 e. The van der Waals surface area contributed by atoms with Gasteiger partial charge in [-0.3, -0.25) is 14.5 Å². The second-order valence-electron chi connectivity index (χ2n) is 10.9. The third-order valence-electron chi connectivity index (χ3n) is 8.61. The number of fused-ring (bicyclic) bond motifs is 2. The minimum Gasteiger partial charge on any atom is -0.480 e. The van der Waals surface area contributed by atoms with Crippen molar-refractivity contribution < 1.29 is 24.2 Å². The highest BCUT2D eigenvalue weighted by Crippen LogP contribution is 2.60. The molecule has 2 aromatic carbocycles. The number of nitrogens with zero attached hydrogens (tertiary/aromatic N) is 1. The Bertz CT molecular complexity index is 1130. The maximum atomic E-state index is 17.6. The van der Waals surface area contributed by atoms with Crippen molar-refractivity contribution in [3.63, 3.8) is 0 Å². The van der Waals surface area contributed by atoms with E-state index in [1.54, 1.807) is 0 Å². The molecule has 0 aromatic heterocycles. The molecule has 3 aliphatic carbocycles. The third kappa shape index (κ3) is 3.94. The first-order valence-corrected chi connectivity index (χ1v) is 13.5. The third-order valence-corrected chi connectivity index (χ3v) is 8.61. The molecule has 5 nitrogen and oxygen atoms in total. The summed E-state index contributed by atoms with van der Waals surface area (Å²) in [6.45, 7) is 2.19. The number of aliphatic carboxylic acids is 2. The Hall–Kier alpha value is -2.73. The highest BCUT2D eigenvalue weighted by Gasteiger charge is 2.62. The van der Waals surface area contributed by atoms with Crippen molar-refractivity contribution in [2.75, 3.05) is 0 Å². The van der Waals surface area contributed by atoms with E-state index in [9.17, 15) is 19.8 Å². The summed E-state index contributed by atoms with van der Waals surface area (Å²) >= 11 is 0. The van der Waals surface area contributed by atoms with Gasteiger partial charge in [-0.2, -0.15) is 0 Å². The predicted molar refractivity (Wildman–Crippen MR) is 136 cm³/mol. The maximum absolute atomic E-state index is 17.6. The first kappa shape index (κ1) is 24.9. The normalized spacial score (nSPS) is 24.0. The first-order chi connectivity index (χ1) is 17.3. The van der Waals surface area contributed by atoms with Crippen LogP contribution in [0.15, 0.2) is 42.5 Å². The van der Waals surface area contributed by atoms with Crippen molar-refractivity contribution in [1.82, 2.24) is 4.90 Å². The van der Waals surface area contributed by atoms with E-state index in [1.807, 2.05) is 47.4 Å². The van der Waals surface area contributed by atoms with Gasteiger partial charge >= 0.3 is 11.9 Å². The number of carbonyl (C=O) groups is 2. The number of hydrogen-bond donors (Lipinski definition) is 2. The SMILES string of the molecule is CCCCCCCc1c2ccc(-c3ccccc3)c1C2(F)N(C1CC1)C1CCC(C(=O)O)(C(=O)O)C1. The van der Waals surface area contributed by atoms with Crippen LogP contribution in [0, 0.1) is 5.41 Å². The van der Waals surface area contributed by atoms with Crippen molar-refractivity contribution in [2.24, 2.45) is 5.41 Å². The number of halogens is 1. The van der Waals surface area contributed by atoms with Gasteiger partial charge in [0.05, 0.1) is 0 Å². The lowest BCUT2D eigenvalue weighted by atomic mass is 9.70. The Morgan fingerprint density at radius 3 is 2.25 bits per heavy atom. The molecule has 5 rings (SSSR count). The van der Waals surface area contributed by atoms with Crippen LogP contribution < -0.4 is 0 Å². The molecule has 3 aliphatic rings. The molecule has 2 unspecified atom stereocenters. The van der Waals surface area contributed by atoms with Crippen LogP contribution in [0.1, 0.15) is 87.8 Å². The standard InChI is InChI=1S/C30H36FNO4/c1-2-3-4-5-9-12-24-25-16-15-23(20-10-7-6-8-11-20)26(24)30(25,31)32(21-13-14-21)22-17-18-29(19-22,27(33)34)28(35)36/h6-8,10-11,15-16,21-22H,2-5,9,12-14,17-19H2,1H3,(H,33,34)(H,35,36). The van der Waals surface area contributed by atoms with Gasteiger partial charge in [0.15, 0.2) is 5.41 Å². The second kappa shape index (κ2) is 9.62. The lowest BCUT2D eigenvalue weighted by Gasteiger charge is -2.51. The highest BCUT2D eigenvalue weighted by atomic mass is 19.1. The molecule has 0 radical (unpaired) electrons. The van der Waals surface area contributed by atoms with Crippen LogP contribution in [0.2, 0.25) is 0 Å². The fourth-order valence-corrected chi connectivity index (χ4v) is 6.59. The van der Waals surface area contributed by atoms with Gasteiger partial charge in [-0.15, -0.1) is 0 Å². The van der Waals surface area contributed by atoms with Crippen LogP contribution in [0.3, 0.4) is 0 Å². The van der Waals surface area contributed by atoms with Crippen molar-refractivity contribution in [3.05, 3.63) is 59.2 Å². The van der Waals surface area contributed by atoms with Crippen LogP contribution in [-0.4, -0.2) is 39.1 Å². The molecule has 0 saturated heterocycles. The van der Waals surface area contributed by atoms with Gasteiger partial charge in [-0.05, 0) is 61.6 Å². The Labute approximate surface area is 212 Å². The van der Waals surface area contributed by atoms with E-state index in [2.05, 4.69) is 6.92 Å². The summed E-state index contributed by atoms with van der Waals surface area (Å²) in [4.78, 5) is 25.9. The van der Waals surface area contributed by atoms with Crippen molar-refractivity contribution in [1.29, 1.82) is 0 Å². The minimum atomic E-state index is -1.84. The summed E-state index contributed by atoms with van der Waals surface area (Å²) in [6, 6.07) is 13.4. The Morgan fingerprint density at radius 1 is 0.944 bits per heavy atom. The van der Waals surface area contributed by atoms with Gasteiger partial charge in [-0.1, -0.05) is 75.1 Å². The lowest BCUT2D eigenvalue weighted by molar-refractivity contribution is -0.165. The van der Waals surface area contributed by atoms with Crippen molar-refractivity contribution >= 4 is 11.9 Å². The average Bonchev–Trinajstić information content (AvgIpc) is 3.60. The monoisotopic (exact) mass is 493 g/mol. The van der Waals surface area contributed by atoms with Gasteiger partial charge in [0.25, 0.3) is 0 Å².